The summed E-state index contributed by atoms with van der Waals surface area (Å²) < 4.78 is 41.4. The Morgan fingerprint density at radius 1 is 0.812 bits per heavy atom. The molecule has 0 amide bonds. The molecule has 0 fully saturated rings. The molecule has 0 spiro atoms. The number of hydrogen-bond donors (Lipinski definition) is 0. The van der Waals surface area contributed by atoms with Gasteiger partial charge in [-0.3, -0.25) is 0 Å². The van der Waals surface area contributed by atoms with Crippen molar-refractivity contribution < 1.29 is 33.2 Å². The number of rotatable bonds is 9. The molecule has 1 aliphatic carbocycles. The zero-order chi connectivity index (χ0) is 33.6. The van der Waals surface area contributed by atoms with Gasteiger partial charge in [0, 0.05) is 30.3 Å². The van der Waals surface area contributed by atoms with Crippen LogP contribution in [0.25, 0.3) is 5.70 Å². The fourth-order valence-electron chi connectivity index (χ4n) is 6.98. The Kier molecular flexibility index (Phi) is 8.37. The van der Waals surface area contributed by atoms with Gasteiger partial charge in [-0.2, -0.15) is 0 Å². The summed E-state index contributed by atoms with van der Waals surface area (Å²) in [7, 11) is 6.62. The van der Waals surface area contributed by atoms with Crippen molar-refractivity contribution in [3.63, 3.8) is 0 Å². The number of fused-ring (bicyclic) bond motifs is 5. The highest BCUT2D eigenvalue weighted by atomic mass is 16.7. The predicted octanol–water partition coefficient (Wildman–Crippen LogP) is 7.50. The molecular formula is C40H43NO7. The number of methoxy groups -OCH3 is 4. The van der Waals surface area contributed by atoms with Crippen molar-refractivity contribution in [1.82, 2.24) is 4.90 Å². The van der Waals surface area contributed by atoms with Gasteiger partial charge < -0.3 is 38.1 Å². The number of ether oxygens (including phenoxy) is 7. The van der Waals surface area contributed by atoms with Gasteiger partial charge in [0.25, 0.3) is 0 Å². The fourth-order valence-corrected chi connectivity index (χ4v) is 6.98. The molecule has 0 radical (unpaired) electrons. The highest BCUT2D eigenvalue weighted by molar-refractivity contribution is 5.82. The summed E-state index contributed by atoms with van der Waals surface area (Å²) in [6.07, 6.45) is 7.53. The van der Waals surface area contributed by atoms with Crippen molar-refractivity contribution in [3.05, 3.63) is 117 Å². The summed E-state index contributed by atoms with van der Waals surface area (Å²) in [5.74, 6) is 4.14. The van der Waals surface area contributed by atoms with Gasteiger partial charge in [-0.15, -0.1) is 0 Å². The van der Waals surface area contributed by atoms with E-state index in [1.165, 1.54) is 11.1 Å². The lowest BCUT2D eigenvalue weighted by atomic mass is 9.79. The van der Waals surface area contributed by atoms with E-state index in [1.807, 2.05) is 18.2 Å². The van der Waals surface area contributed by atoms with Gasteiger partial charge in [-0.05, 0) is 75.6 Å². The van der Waals surface area contributed by atoms with E-state index in [4.69, 9.17) is 33.2 Å². The molecule has 3 aromatic rings. The molecule has 7 rings (SSSR count). The molecule has 0 bridgehead atoms. The van der Waals surface area contributed by atoms with Crippen LogP contribution in [0.5, 0.6) is 28.7 Å². The Balaban J connectivity index is 1.31. The minimum atomic E-state index is -0.382. The quantitative estimate of drug-likeness (QED) is 0.236. The first kappa shape index (κ1) is 31.8. The van der Waals surface area contributed by atoms with Gasteiger partial charge in [0.2, 0.25) is 12.5 Å². The molecule has 0 saturated carbocycles. The van der Waals surface area contributed by atoms with Crippen molar-refractivity contribution in [2.45, 2.75) is 51.7 Å². The second-order valence-corrected chi connectivity index (χ2v) is 13.4. The summed E-state index contributed by atoms with van der Waals surface area (Å²) in [5, 5.41) is 0. The molecule has 0 aromatic heterocycles. The Morgan fingerprint density at radius 2 is 1.52 bits per heavy atom. The number of allylic oxidation sites excluding steroid dienone is 3. The molecule has 48 heavy (non-hydrogen) atoms. The smallest absolute Gasteiger partial charge is 0.231 e. The number of benzene rings is 3. The van der Waals surface area contributed by atoms with Crippen LogP contribution in [0.15, 0.2) is 89.4 Å². The van der Waals surface area contributed by atoms with Crippen LogP contribution in [-0.4, -0.2) is 52.8 Å². The Bertz CT molecular complexity index is 1830. The van der Waals surface area contributed by atoms with Crippen LogP contribution in [0.1, 0.15) is 48.6 Å². The van der Waals surface area contributed by atoms with Gasteiger partial charge in [-0.25, -0.2) is 0 Å². The zero-order valence-electron chi connectivity index (χ0n) is 28.8. The lowest BCUT2D eigenvalue weighted by Gasteiger charge is -2.40. The first-order valence-electron chi connectivity index (χ1n) is 16.3. The van der Waals surface area contributed by atoms with E-state index < -0.39 is 0 Å². The van der Waals surface area contributed by atoms with E-state index in [9.17, 15) is 0 Å². The summed E-state index contributed by atoms with van der Waals surface area (Å²) in [4.78, 5) is 2.36. The van der Waals surface area contributed by atoms with Crippen LogP contribution in [0.4, 0.5) is 0 Å². The highest BCUT2D eigenvalue weighted by Crippen LogP contribution is 2.48. The molecule has 0 N–H and O–H groups in total. The minimum Gasteiger partial charge on any atom is -0.498 e. The first-order valence-corrected chi connectivity index (χ1v) is 16.3. The summed E-state index contributed by atoms with van der Waals surface area (Å²) in [6, 6.07) is 17.0. The van der Waals surface area contributed by atoms with Crippen molar-refractivity contribution >= 4 is 5.70 Å². The summed E-state index contributed by atoms with van der Waals surface area (Å²) >= 11 is 0. The van der Waals surface area contributed by atoms with Gasteiger partial charge in [0.15, 0.2) is 23.0 Å². The molecule has 250 valence electrons. The van der Waals surface area contributed by atoms with Crippen LogP contribution >= 0.6 is 0 Å². The Hall–Kier alpha value is -4.82. The molecule has 8 heteroatoms. The molecule has 4 aliphatic rings. The largest absolute Gasteiger partial charge is 0.498 e. The molecule has 3 aromatic carbocycles. The SMILES string of the molecule is COC1=CC=C2C(=CN3CCc4cc5c(cc4C3=C2Cc2cc(OC)c(OC)c(OC)c2)OCO5)C1OCc1ccc(C(C)(C)C)cc1. The third-order valence-electron chi connectivity index (χ3n) is 9.51. The fraction of sp³-hybridized carbons (Fsp3) is 0.350. The molecule has 3 aliphatic heterocycles. The second-order valence-electron chi connectivity index (χ2n) is 13.4. The first-order chi connectivity index (χ1) is 23.2. The third-order valence-corrected chi connectivity index (χ3v) is 9.51. The van der Waals surface area contributed by atoms with E-state index in [0.29, 0.717) is 30.3 Å². The van der Waals surface area contributed by atoms with Gasteiger partial charge in [0.1, 0.15) is 11.9 Å². The average molecular weight is 650 g/mol. The van der Waals surface area contributed by atoms with Gasteiger partial charge in [-0.1, -0.05) is 51.1 Å². The van der Waals surface area contributed by atoms with Crippen molar-refractivity contribution in [2.24, 2.45) is 0 Å². The van der Waals surface area contributed by atoms with Crippen molar-refractivity contribution in [3.8, 4) is 28.7 Å². The number of hydrogen-bond acceptors (Lipinski definition) is 8. The third kappa shape index (κ3) is 5.68. The van der Waals surface area contributed by atoms with E-state index in [-0.39, 0.29) is 18.3 Å². The second kappa shape index (κ2) is 12.7. The van der Waals surface area contributed by atoms with E-state index in [0.717, 1.165) is 69.3 Å². The van der Waals surface area contributed by atoms with E-state index in [1.54, 1.807) is 28.4 Å². The summed E-state index contributed by atoms with van der Waals surface area (Å²) in [5.41, 5.74) is 10.4. The van der Waals surface area contributed by atoms with Crippen LogP contribution < -0.4 is 23.7 Å². The zero-order valence-corrected chi connectivity index (χ0v) is 28.8. The lowest BCUT2D eigenvalue weighted by Crippen LogP contribution is -2.34. The maximum Gasteiger partial charge on any atom is 0.231 e. The molecule has 8 nitrogen and oxygen atoms in total. The maximum atomic E-state index is 6.73. The van der Waals surface area contributed by atoms with E-state index >= 15 is 0 Å². The minimum absolute atomic E-state index is 0.0893. The molecule has 3 heterocycles. The van der Waals surface area contributed by atoms with E-state index in [2.05, 4.69) is 74.3 Å². The van der Waals surface area contributed by atoms with Crippen molar-refractivity contribution in [2.75, 3.05) is 41.8 Å². The Labute approximate surface area is 282 Å². The average Bonchev–Trinajstić information content (AvgIpc) is 3.56. The lowest BCUT2D eigenvalue weighted by molar-refractivity contribution is 0.0495. The molecule has 1 atom stereocenters. The van der Waals surface area contributed by atoms with Crippen LogP contribution in [0.3, 0.4) is 0 Å². The molecular weight excluding hydrogens is 606 g/mol. The molecule has 1 unspecified atom stereocenters. The highest BCUT2D eigenvalue weighted by Gasteiger charge is 2.37. The van der Waals surface area contributed by atoms with Crippen molar-refractivity contribution in [1.29, 1.82) is 0 Å². The van der Waals surface area contributed by atoms with Gasteiger partial charge >= 0.3 is 0 Å². The summed E-state index contributed by atoms with van der Waals surface area (Å²) in [6.45, 7) is 8.17. The molecule has 0 saturated heterocycles. The normalized spacial score (nSPS) is 17.9. The topological polar surface area (TPSA) is 67.9 Å². The maximum absolute atomic E-state index is 6.73. The van der Waals surface area contributed by atoms with Crippen LogP contribution in [-0.2, 0) is 34.3 Å². The monoisotopic (exact) mass is 649 g/mol. The Morgan fingerprint density at radius 3 is 2.17 bits per heavy atom. The van der Waals surface area contributed by atoms with Gasteiger partial charge in [0.05, 0.1) is 40.7 Å². The van der Waals surface area contributed by atoms with Crippen LogP contribution in [0, 0.1) is 0 Å². The van der Waals surface area contributed by atoms with Crippen LogP contribution in [0.2, 0.25) is 0 Å². The standard InChI is InChI=1S/C40H43NO7/c1-40(2,3)27-10-8-24(9-11-27)22-46-38-31-21-41-15-14-26-19-33-34(48-23-47-33)20-29(26)37(41)30(28(31)12-13-32(38)42-4)16-25-17-35(43-5)39(45-7)36(18-25)44-6/h8-13,17-21,38H,14-16,22-23H2,1-7H3. The number of nitrogens with zero attached hydrogens (tertiary/aromatic N) is 1. The predicted molar refractivity (Wildman–Crippen MR) is 185 cm³/mol.